The van der Waals surface area contributed by atoms with Crippen molar-refractivity contribution in [3.8, 4) is 11.3 Å². The van der Waals surface area contributed by atoms with Gasteiger partial charge in [0.15, 0.2) is 18.0 Å². The molecule has 1 aliphatic heterocycles. The third-order valence-electron chi connectivity index (χ3n) is 6.26. The van der Waals surface area contributed by atoms with Crippen LogP contribution in [0.1, 0.15) is 39.2 Å². The Morgan fingerprint density at radius 2 is 2.05 bits per heavy atom. The maximum absolute atomic E-state index is 10.2. The first kappa shape index (κ1) is 25.8. The van der Waals surface area contributed by atoms with E-state index in [2.05, 4.69) is 52.6 Å². The van der Waals surface area contributed by atoms with Gasteiger partial charge in [-0.1, -0.05) is 12.1 Å². The van der Waals surface area contributed by atoms with Gasteiger partial charge in [-0.2, -0.15) is 5.10 Å². The molecule has 1 saturated heterocycles. The fraction of sp³-hybridized carbons (Fsp3) is 0.423. The minimum Gasteiger partial charge on any atom is -0.444 e. The quantitative estimate of drug-likeness (QED) is 0.263. The van der Waals surface area contributed by atoms with Crippen molar-refractivity contribution in [3.63, 3.8) is 0 Å². The van der Waals surface area contributed by atoms with Crippen LogP contribution in [0.2, 0.25) is 0 Å². The van der Waals surface area contributed by atoms with Crippen molar-refractivity contribution in [3.05, 3.63) is 59.4 Å². The fourth-order valence-corrected chi connectivity index (χ4v) is 5.15. The van der Waals surface area contributed by atoms with E-state index in [1.165, 1.54) is 6.39 Å². The number of likely N-dealkylation sites (tertiary alicyclic amines) is 1. The van der Waals surface area contributed by atoms with Gasteiger partial charge in [0, 0.05) is 23.8 Å². The molecule has 5 rings (SSSR count). The van der Waals surface area contributed by atoms with Gasteiger partial charge >= 0.3 is 0 Å². The number of benzene rings is 1. The number of aliphatic hydroxyl groups excluding tert-OH is 1. The number of anilines is 2. The molecular weight excluding hydrogens is 538 g/mol. The molecule has 11 heteroatoms. The molecule has 10 nitrogen and oxygen atoms in total. The molecule has 1 fully saturated rings. The standard InChI is InChI=1S/C26H32BrN7O3/c1-26(2,3)37-25(35)32-19-7-9-33(10-8-19)14-18-12-22(27)34-23(18)24(29-15-30-34)31-20-6-4-5-17(11-20)21-13-28-16-36-21/h4-6,11-13,15-16,19,25,32,35H,7-10,14H2,1-3H3,(H,29,30,31). The monoisotopic (exact) mass is 569 g/mol. The van der Waals surface area contributed by atoms with E-state index in [1.54, 1.807) is 12.5 Å². The largest absolute Gasteiger partial charge is 0.444 e. The van der Waals surface area contributed by atoms with Crippen LogP contribution in [-0.4, -0.2) is 60.7 Å². The summed E-state index contributed by atoms with van der Waals surface area (Å²) < 4.78 is 13.8. The van der Waals surface area contributed by atoms with Gasteiger partial charge < -0.3 is 19.6 Å². The molecule has 0 saturated carbocycles. The van der Waals surface area contributed by atoms with Crippen LogP contribution in [0, 0.1) is 0 Å². The summed E-state index contributed by atoms with van der Waals surface area (Å²) in [5.74, 6) is 1.43. The number of rotatable bonds is 8. The number of nitrogens with one attached hydrogen (secondary N) is 2. The first-order valence-corrected chi connectivity index (χ1v) is 13.2. The molecule has 0 spiro atoms. The topological polar surface area (TPSA) is 113 Å². The van der Waals surface area contributed by atoms with Crippen molar-refractivity contribution in [2.75, 3.05) is 18.4 Å². The summed E-state index contributed by atoms with van der Waals surface area (Å²) in [4.78, 5) is 11.0. The van der Waals surface area contributed by atoms with E-state index in [0.29, 0.717) is 5.76 Å². The van der Waals surface area contributed by atoms with E-state index in [4.69, 9.17) is 9.15 Å². The van der Waals surface area contributed by atoms with Crippen LogP contribution in [0.5, 0.6) is 0 Å². The van der Waals surface area contributed by atoms with Crippen LogP contribution in [0.15, 0.2) is 58.3 Å². The SMILES string of the molecule is CC(C)(C)OC(O)NC1CCN(Cc2cc(Br)n3ncnc(Nc4cccc(-c5cnco5)c4)c23)CC1. The molecule has 1 unspecified atom stereocenters. The van der Waals surface area contributed by atoms with E-state index < -0.39 is 12.0 Å². The Morgan fingerprint density at radius 3 is 2.78 bits per heavy atom. The zero-order valence-corrected chi connectivity index (χ0v) is 22.8. The Kier molecular flexibility index (Phi) is 7.59. The van der Waals surface area contributed by atoms with Crippen LogP contribution in [0.4, 0.5) is 11.5 Å². The van der Waals surface area contributed by atoms with E-state index in [1.807, 2.05) is 49.6 Å². The molecule has 196 valence electrons. The molecule has 1 aromatic carbocycles. The van der Waals surface area contributed by atoms with Gasteiger partial charge in [0.25, 0.3) is 0 Å². The summed E-state index contributed by atoms with van der Waals surface area (Å²) in [6, 6.07) is 10.3. The number of ether oxygens (including phenoxy) is 1. The predicted octanol–water partition coefficient (Wildman–Crippen LogP) is 4.54. The lowest BCUT2D eigenvalue weighted by molar-refractivity contribution is -0.186. The number of fused-ring (bicyclic) bond motifs is 1. The number of hydrogen-bond donors (Lipinski definition) is 3. The van der Waals surface area contributed by atoms with E-state index in [-0.39, 0.29) is 6.04 Å². The van der Waals surface area contributed by atoms with Crippen LogP contribution < -0.4 is 10.6 Å². The Balaban J connectivity index is 1.29. The summed E-state index contributed by atoms with van der Waals surface area (Å²) in [6.45, 7) is 8.38. The van der Waals surface area contributed by atoms with Gasteiger partial charge in [0.1, 0.15) is 16.4 Å². The number of aromatic nitrogens is 4. The number of oxazole rings is 1. The molecule has 4 heterocycles. The Bertz CT molecular complexity index is 1330. The Labute approximate surface area is 224 Å². The number of halogens is 1. The van der Waals surface area contributed by atoms with Gasteiger partial charge in [-0.3, -0.25) is 10.2 Å². The third kappa shape index (κ3) is 6.36. The van der Waals surface area contributed by atoms with Crippen molar-refractivity contribution < 1.29 is 14.3 Å². The second-order valence-electron chi connectivity index (χ2n) is 10.2. The number of piperidine rings is 1. The molecule has 0 bridgehead atoms. The average molecular weight is 570 g/mol. The minimum atomic E-state index is -0.962. The van der Waals surface area contributed by atoms with Crippen LogP contribution in [-0.2, 0) is 11.3 Å². The molecule has 3 N–H and O–H groups in total. The molecule has 4 aromatic rings. The lowest BCUT2D eigenvalue weighted by atomic mass is 10.0. The Morgan fingerprint density at radius 1 is 1.24 bits per heavy atom. The number of aliphatic hydroxyl groups is 1. The van der Waals surface area contributed by atoms with Crippen LogP contribution >= 0.6 is 15.9 Å². The lowest BCUT2D eigenvalue weighted by Gasteiger charge is -2.34. The predicted molar refractivity (Wildman–Crippen MR) is 144 cm³/mol. The molecule has 1 atom stereocenters. The number of hydrogen-bond acceptors (Lipinski definition) is 9. The molecule has 1 aliphatic rings. The normalized spacial score (nSPS) is 16.4. The van der Waals surface area contributed by atoms with Gasteiger partial charge in [-0.25, -0.2) is 14.5 Å². The smallest absolute Gasteiger partial charge is 0.214 e. The highest BCUT2D eigenvalue weighted by molar-refractivity contribution is 9.10. The third-order valence-corrected chi connectivity index (χ3v) is 6.82. The van der Waals surface area contributed by atoms with Gasteiger partial charge in [0.05, 0.1) is 11.8 Å². The van der Waals surface area contributed by atoms with Crippen molar-refractivity contribution in [2.45, 2.75) is 58.2 Å². The van der Waals surface area contributed by atoms with E-state index >= 15 is 0 Å². The zero-order valence-electron chi connectivity index (χ0n) is 21.2. The van der Waals surface area contributed by atoms with Crippen LogP contribution in [0.3, 0.4) is 0 Å². The highest BCUT2D eigenvalue weighted by Gasteiger charge is 2.25. The highest BCUT2D eigenvalue weighted by atomic mass is 79.9. The molecular formula is C26H32BrN7O3. The van der Waals surface area contributed by atoms with Crippen molar-refractivity contribution in [2.24, 2.45) is 0 Å². The summed E-state index contributed by atoms with van der Waals surface area (Å²) in [6.07, 6.45) is 5.56. The van der Waals surface area contributed by atoms with Crippen molar-refractivity contribution in [1.82, 2.24) is 29.8 Å². The van der Waals surface area contributed by atoms with Gasteiger partial charge in [-0.05, 0) is 86.4 Å². The second kappa shape index (κ2) is 10.9. The first-order chi connectivity index (χ1) is 17.7. The number of nitrogens with zero attached hydrogens (tertiary/aromatic N) is 5. The molecule has 3 aromatic heterocycles. The van der Waals surface area contributed by atoms with Crippen molar-refractivity contribution in [1.29, 1.82) is 0 Å². The average Bonchev–Trinajstić information content (AvgIpc) is 3.49. The molecule has 0 radical (unpaired) electrons. The zero-order chi connectivity index (χ0) is 26.0. The molecule has 37 heavy (non-hydrogen) atoms. The summed E-state index contributed by atoms with van der Waals surface area (Å²) in [5.41, 5.74) is 3.47. The van der Waals surface area contributed by atoms with Gasteiger partial charge in [-0.15, -0.1) is 0 Å². The fourth-order valence-electron chi connectivity index (χ4n) is 4.60. The molecule has 0 amide bonds. The summed E-state index contributed by atoms with van der Waals surface area (Å²) >= 11 is 3.66. The second-order valence-corrected chi connectivity index (χ2v) is 11.0. The lowest BCUT2D eigenvalue weighted by Crippen LogP contribution is -2.48. The summed E-state index contributed by atoms with van der Waals surface area (Å²) in [5, 5.41) is 21.3. The Hall–Kier alpha value is -2.83. The van der Waals surface area contributed by atoms with Crippen LogP contribution in [0.25, 0.3) is 16.8 Å². The van der Waals surface area contributed by atoms with Gasteiger partial charge in [0.2, 0.25) is 6.41 Å². The van der Waals surface area contributed by atoms with Crippen molar-refractivity contribution >= 4 is 33.0 Å². The highest BCUT2D eigenvalue weighted by Crippen LogP contribution is 2.30. The minimum absolute atomic E-state index is 0.211. The maximum Gasteiger partial charge on any atom is 0.214 e. The summed E-state index contributed by atoms with van der Waals surface area (Å²) in [7, 11) is 0. The first-order valence-electron chi connectivity index (χ1n) is 12.4. The van der Waals surface area contributed by atoms with E-state index in [9.17, 15) is 5.11 Å². The molecule has 0 aliphatic carbocycles. The van der Waals surface area contributed by atoms with E-state index in [0.717, 1.165) is 65.2 Å². The maximum atomic E-state index is 10.2.